The van der Waals surface area contributed by atoms with E-state index in [0.29, 0.717) is 5.56 Å². The summed E-state index contributed by atoms with van der Waals surface area (Å²) in [6.45, 7) is 1.52. The van der Waals surface area contributed by atoms with Crippen LogP contribution >= 0.6 is 0 Å². The van der Waals surface area contributed by atoms with Crippen LogP contribution in [-0.2, 0) is 0 Å². The summed E-state index contributed by atoms with van der Waals surface area (Å²) in [6.07, 6.45) is -2.87. The van der Waals surface area contributed by atoms with Gasteiger partial charge < -0.3 is 10.4 Å². The average molecular weight is 248 g/mol. The zero-order valence-electron chi connectivity index (χ0n) is 9.41. The van der Waals surface area contributed by atoms with Crippen molar-refractivity contribution < 1.29 is 18.3 Å². The van der Waals surface area contributed by atoms with Gasteiger partial charge in [-0.1, -0.05) is 0 Å². The first kappa shape index (κ1) is 13.9. The quantitative estimate of drug-likeness (QED) is 0.838. The third-order valence-corrected chi connectivity index (χ3v) is 2.29. The SMILES string of the molecule is CC(CC(F)(F)F)NCC(O)c1ccncc1. The maximum absolute atomic E-state index is 12.0. The van der Waals surface area contributed by atoms with Crippen LogP contribution in [-0.4, -0.2) is 28.9 Å². The van der Waals surface area contributed by atoms with Crippen LogP contribution in [0.3, 0.4) is 0 Å². The maximum atomic E-state index is 12.0. The number of alkyl halides is 3. The van der Waals surface area contributed by atoms with Gasteiger partial charge in [-0.3, -0.25) is 4.98 Å². The molecule has 2 unspecified atom stereocenters. The van der Waals surface area contributed by atoms with Gasteiger partial charge in [0.15, 0.2) is 0 Å². The van der Waals surface area contributed by atoms with Crippen molar-refractivity contribution in [3.8, 4) is 0 Å². The Morgan fingerprint density at radius 2 is 1.94 bits per heavy atom. The Morgan fingerprint density at radius 1 is 1.35 bits per heavy atom. The summed E-state index contributed by atoms with van der Waals surface area (Å²) in [5, 5.41) is 12.3. The fourth-order valence-electron chi connectivity index (χ4n) is 1.44. The molecule has 1 aromatic heterocycles. The number of hydrogen-bond donors (Lipinski definition) is 2. The number of aliphatic hydroxyl groups is 1. The van der Waals surface area contributed by atoms with E-state index in [1.54, 1.807) is 12.1 Å². The molecule has 2 N–H and O–H groups in total. The zero-order chi connectivity index (χ0) is 12.9. The normalized spacial score (nSPS) is 15.6. The second-order valence-corrected chi connectivity index (χ2v) is 3.92. The molecule has 0 amide bonds. The largest absolute Gasteiger partial charge is 0.390 e. The van der Waals surface area contributed by atoms with Crippen molar-refractivity contribution in [3.63, 3.8) is 0 Å². The first-order valence-corrected chi connectivity index (χ1v) is 5.26. The third kappa shape index (κ3) is 5.65. The van der Waals surface area contributed by atoms with E-state index in [2.05, 4.69) is 10.3 Å². The second kappa shape index (κ2) is 5.97. The van der Waals surface area contributed by atoms with Gasteiger partial charge in [-0.15, -0.1) is 0 Å². The van der Waals surface area contributed by atoms with Crippen LogP contribution in [0.25, 0.3) is 0 Å². The number of hydrogen-bond acceptors (Lipinski definition) is 3. The molecule has 17 heavy (non-hydrogen) atoms. The highest BCUT2D eigenvalue weighted by molar-refractivity contribution is 5.13. The lowest BCUT2D eigenvalue weighted by Crippen LogP contribution is -2.34. The van der Waals surface area contributed by atoms with Crippen LogP contribution in [0.2, 0.25) is 0 Å². The molecule has 3 nitrogen and oxygen atoms in total. The number of aromatic nitrogens is 1. The van der Waals surface area contributed by atoms with Gasteiger partial charge in [0, 0.05) is 25.0 Å². The number of halogens is 3. The average Bonchev–Trinajstić information content (AvgIpc) is 2.25. The summed E-state index contributed by atoms with van der Waals surface area (Å²) in [5.41, 5.74) is 0.631. The van der Waals surface area contributed by atoms with Crippen LogP contribution < -0.4 is 5.32 Å². The molecule has 0 aliphatic heterocycles. The van der Waals surface area contributed by atoms with Crippen molar-refractivity contribution in [1.29, 1.82) is 0 Å². The standard InChI is InChI=1S/C11H15F3N2O/c1-8(6-11(12,13)14)16-7-10(17)9-2-4-15-5-3-9/h2-5,8,10,16-17H,6-7H2,1H3. The number of aliphatic hydroxyl groups excluding tert-OH is 1. The highest BCUT2D eigenvalue weighted by Gasteiger charge is 2.29. The van der Waals surface area contributed by atoms with Gasteiger partial charge in [0.2, 0.25) is 0 Å². The Morgan fingerprint density at radius 3 is 2.47 bits per heavy atom. The van der Waals surface area contributed by atoms with Crippen molar-refractivity contribution in [2.24, 2.45) is 0 Å². The van der Waals surface area contributed by atoms with Crippen LogP contribution in [0.4, 0.5) is 13.2 Å². The highest BCUT2D eigenvalue weighted by Crippen LogP contribution is 2.21. The van der Waals surface area contributed by atoms with E-state index in [1.165, 1.54) is 19.3 Å². The third-order valence-electron chi connectivity index (χ3n) is 2.29. The minimum absolute atomic E-state index is 0.0846. The van der Waals surface area contributed by atoms with Gasteiger partial charge in [-0.2, -0.15) is 13.2 Å². The molecule has 1 aromatic rings. The van der Waals surface area contributed by atoms with Crippen LogP contribution in [0.15, 0.2) is 24.5 Å². The van der Waals surface area contributed by atoms with Gasteiger partial charge in [-0.25, -0.2) is 0 Å². The van der Waals surface area contributed by atoms with Crippen molar-refractivity contribution in [2.45, 2.75) is 31.7 Å². The fraction of sp³-hybridized carbons (Fsp3) is 0.545. The van der Waals surface area contributed by atoms with Crippen molar-refractivity contribution in [1.82, 2.24) is 10.3 Å². The van der Waals surface area contributed by atoms with Gasteiger partial charge in [0.1, 0.15) is 0 Å². The van der Waals surface area contributed by atoms with E-state index in [0.717, 1.165) is 0 Å². The zero-order valence-corrected chi connectivity index (χ0v) is 9.41. The molecule has 0 radical (unpaired) electrons. The molecule has 0 saturated heterocycles. The summed E-state index contributed by atoms with van der Waals surface area (Å²) in [5.74, 6) is 0. The number of pyridine rings is 1. The molecule has 2 atom stereocenters. The maximum Gasteiger partial charge on any atom is 0.390 e. The lowest BCUT2D eigenvalue weighted by Gasteiger charge is -2.18. The molecule has 1 heterocycles. The lowest BCUT2D eigenvalue weighted by atomic mass is 10.1. The topological polar surface area (TPSA) is 45.1 Å². The summed E-state index contributed by atoms with van der Waals surface area (Å²) in [4.78, 5) is 3.79. The summed E-state index contributed by atoms with van der Waals surface area (Å²) < 4.78 is 36.1. The molecule has 0 bridgehead atoms. The minimum atomic E-state index is -4.19. The second-order valence-electron chi connectivity index (χ2n) is 3.92. The van der Waals surface area contributed by atoms with Gasteiger partial charge in [0.25, 0.3) is 0 Å². The van der Waals surface area contributed by atoms with Crippen LogP contribution in [0.1, 0.15) is 25.0 Å². The van der Waals surface area contributed by atoms with E-state index in [1.807, 2.05) is 0 Å². The Labute approximate surface area is 97.7 Å². The van der Waals surface area contributed by atoms with Crippen LogP contribution in [0.5, 0.6) is 0 Å². The molecule has 0 spiro atoms. The highest BCUT2D eigenvalue weighted by atomic mass is 19.4. The van der Waals surface area contributed by atoms with E-state index in [4.69, 9.17) is 0 Å². The monoisotopic (exact) mass is 248 g/mol. The fourth-order valence-corrected chi connectivity index (χ4v) is 1.44. The number of nitrogens with zero attached hydrogens (tertiary/aromatic N) is 1. The van der Waals surface area contributed by atoms with Gasteiger partial charge in [0.05, 0.1) is 12.5 Å². The Balaban J connectivity index is 2.36. The van der Waals surface area contributed by atoms with Crippen molar-refractivity contribution in [2.75, 3.05) is 6.54 Å². The van der Waals surface area contributed by atoms with Crippen LogP contribution in [0, 0.1) is 0 Å². The van der Waals surface area contributed by atoms with E-state index >= 15 is 0 Å². The molecule has 0 fully saturated rings. The Bertz CT molecular complexity index is 329. The molecule has 0 aliphatic rings. The number of rotatable bonds is 5. The molecule has 0 aromatic carbocycles. The predicted molar refractivity (Wildman–Crippen MR) is 57.3 cm³/mol. The predicted octanol–water partition coefficient (Wildman–Crippen LogP) is 2.05. The summed E-state index contributed by atoms with van der Waals surface area (Å²) in [6, 6.07) is 2.54. The molecule has 6 heteroatoms. The Kier molecular flexibility index (Phi) is 4.89. The number of nitrogens with one attached hydrogen (secondary N) is 1. The molecule has 0 aliphatic carbocycles. The van der Waals surface area contributed by atoms with E-state index in [9.17, 15) is 18.3 Å². The molecular weight excluding hydrogens is 233 g/mol. The molecule has 0 saturated carbocycles. The first-order chi connectivity index (χ1) is 7.88. The smallest absolute Gasteiger partial charge is 0.387 e. The lowest BCUT2D eigenvalue weighted by molar-refractivity contribution is -0.139. The minimum Gasteiger partial charge on any atom is -0.387 e. The summed E-state index contributed by atoms with van der Waals surface area (Å²) in [7, 11) is 0. The van der Waals surface area contributed by atoms with Crippen molar-refractivity contribution >= 4 is 0 Å². The summed E-state index contributed by atoms with van der Waals surface area (Å²) >= 11 is 0. The van der Waals surface area contributed by atoms with Gasteiger partial charge in [-0.05, 0) is 24.6 Å². The Hall–Kier alpha value is -1.14. The first-order valence-electron chi connectivity index (χ1n) is 5.26. The van der Waals surface area contributed by atoms with Gasteiger partial charge >= 0.3 is 6.18 Å². The van der Waals surface area contributed by atoms with Crippen molar-refractivity contribution in [3.05, 3.63) is 30.1 Å². The molecule has 1 rings (SSSR count). The molecule has 96 valence electrons. The van der Waals surface area contributed by atoms with E-state index in [-0.39, 0.29) is 6.54 Å². The molecular formula is C11H15F3N2O. The van der Waals surface area contributed by atoms with E-state index < -0.39 is 24.7 Å².